The molecule has 1 rings (SSSR count). The van der Waals surface area contributed by atoms with Gasteiger partial charge in [0.2, 0.25) is 0 Å². The molecule has 3 nitrogen and oxygen atoms in total. The van der Waals surface area contributed by atoms with E-state index in [0.717, 1.165) is 18.8 Å². The summed E-state index contributed by atoms with van der Waals surface area (Å²) in [6.07, 6.45) is 0. The Kier molecular flexibility index (Phi) is 5.03. The summed E-state index contributed by atoms with van der Waals surface area (Å²) >= 11 is 0. The zero-order valence-electron chi connectivity index (χ0n) is 11.8. The Morgan fingerprint density at radius 1 is 1.17 bits per heavy atom. The molecule has 0 heterocycles. The highest BCUT2D eigenvalue weighted by atomic mass is 15.1. The van der Waals surface area contributed by atoms with Crippen LogP contribution < -0.4 is 10.6 Å². The molecule has 0 fully saturated rings. The van der Waals surface area contributed by atoms with Gasteiger partial charge >= 0.3 is 0 Å². The van der Waals surface area contributed by atoms with Gasteiger partial charge in [0.1, 0.15) is 6.07 Å². The second-order valence-corrected chi connectivity index (χ2v) is 5.54. The smallest absolute Gasteiger partial charge is 0.101 e. The molecule has 0 aliphatic heterocycles. The van der Waals surface area contributed by atoms with Gasteiger partial charge in [0.15, 0.2) is 0 Å². The average molecular weight is 245 g/mol. The molecule has 0 saturated carbocycles. The first kappa shape index (κ1) is 14.4. The monoisotopic (exact) mass is 245 g/mol. The first-order chi connectivity index (χ1) is 8.45. The van der Waals surface area contributed by atoms with Gasteiger partial charge in [-0.25, -0.2) is 0 Å². The van der Waals surface area contributed by atoms with Gasteiger partial charge in [-0.05, 0) is 24.0 Å². The van der Waals surface area contributed by atoms with E-state index >= 15 is 0 Å². The number of nitrogen functional groups attached to an aromatic ring is 1. The van der Waals surface area contributed by atoms with Crippen molar-refractivity contribution in [3.8, 4) is 6.07 Å². The summed E-state index contributed by atoms with van der Waals surface area (Å²) in [7, 11) is 0. The van der Waals surface area contributed by atoms with E-state index in [0.29, 0.717) is 23.1 Å². The zero-order chi connectivity index (χ0) is 13.7. The number of nitriles is 1. The summed E-state index contributed by atoms with van der Waals surface area (Å²) < 4.78 is 0. The number of benzene rings is 1. The van der Waals surface area contributed by atoms with Crippen LogP contribution in [-0.4, -0.2) is 13.1 Å². The highest BCUT2D eigenvalue weighted by molar-refractivity contribution is 5.74. The summed E-state index contributed by atoms with van der Waals surface area (Å²) in [6.45, 7) is 10.7. The normalized spacial score (nSPS) is 10.7. The van der Waals surface area contributed by atoms with Crippen LogP contribution in [0.25, 0.3) is 0 Å². The number of rotatable bonds is 5. The predicted octanol–water partition coefficient (Wildman–Crippen LogP) is 3.26. The Morgan fingerprint density at radius 2 is 1.72 bits per heavy atom. The molecule has 0 saturated heterocycles. The Bertz CT molecular complexity index is 420. The number of hydrogen-bond acceptors (Lipinski definition) is 3. The Labute approximate surface area is 110 Å². The zero-order valence-corrected chi connectivity index (χ0v) is 11.8. The fourth-order valence-corrected chi connectivity index (χ4v) is 2.08. The van der Waals surface area contributed by atoms with Crippen LogP contribution in [0, 0.1) is 23.2 Å². The molecule has 0 bridgehead atoms. The molecule has 0 radical (unpaired) electrons. The lowest BCUT2D eigenvalue weighted by Crippen LogP contribution is -2.32. The standard InChI is InChI=1S/C15H23N3/c1-11(2)9-18(10-12(3)4)14-7-5-6-13(8-16)15(14)17/h5-7,11-12H,9-10,17H2,1-4H3. The van der Waals surface area contributed by atoms with Crippen LogP contribution in [0.2, 0.25) is 0 Å². The summed E-state index contributed by atoms with van der Waals surface area (Å²) in [5, 5.41) is 9.04. The Morgan fingerprint density at radius 3 is 2.17 bits per heavy atom. The Hall–Kier alpha value is -1.69. The van der Waals surface area contributed by atoms with E-state index in [-0.39, 0.29) is 0 Å². The van der Waals surface area contributed by atoms with Crippen LogP contribution in [0.1, 0.15) is 33.3 Å². The topological polar surface area (TPSA) is 53.0 Å². The highest BCUT2D eigenvalue weighted by Gasteiger charge is 2.14. The van der Waals surface area contributed by atoms with Crippen LogP contribution in [0.15, 0.2) is 18.2 Å². The van der Waals surface area contributed by atoms with Gasteiger partial charge in [0.25, 0.3) is 0 Å². The lowest BCUT2D eigenvalue weighted by molar-refractivity contribution is 0.553. The lowest BCUT2D eigenvalue weighted by Gasteiger charge is -2.29. The number of nitrogens with two attached hydrogens (primary N) is 1. The first-order valence-electron chi connectivity index (χ1n) is 6.49. The summed E-state index contributed by atoms with van der Waals surface area (Å²) in [6, 6.07) is 7.81. The van der Waals surface area contributed by atoms with E-state index in [1.807, 2.05) is 12.1 Å². The quantitative estimate of drug-likeness (QED) is 0.810. The van der Waals surface area contributed by atoms with E-state index < -0.39 is 0 Å². The van der Waals surface area contributed by atoms with Crippen molar-refractivity contribution < 1.29 is 0 Å². The molecule has 0 unspecified atom stereocenters. The molecule has 0 amide bonds. The maximum atomic E-state index is 9.04. The molecule has 18 heavy (non-hydrogen) atoms. The van der Waals surface area contributed by atoms with Crippen LogP contribution in [0.4, 0.5) is 11.4 Å². The Balaban J connectivity index is 3.08. The van der Waals surface area contributed by atoms with Crippen molar-refractivity contribution in [2.24, 2.45) is 11.8 Å². The van der Waals surface area contributed by atoms with Gasteiger partial charge < -0.3 is 10.6 Å². The molecule has 2 N–H and O–H groups in total. The minimum Gasteiger partial charge on any atom is -0.396 e. The second-order valence-electron chi connectivity index (χ2n) is 5.54. The van der Waals surface area contributed by atoms with E-state index in [1.165, 1.54) is 0 Å². The van der Waals surface area contributed by atoms with Crippen LogP contribution in [-0.2, 0) is 0 Å². The molecule has 0 spiro atoms. The van der Waals surface area contributed by atoms with Gasteiger partial charge in [0.05, 0.1) is 16.9 Å². The molecule has 0 aromatic heterocycles. The fraction of sp³-hybridized carbons (Fsp3) is 0.533. The summed E-state index contributed by atoms with van der Waals surface area (Å²) in [4.78, 5) is 2.28. The molecule has 3 heteroatoms. The molecular weight excluding hydrogens is 222 g/mol. The highest BCUT2D eigenvalue weighted by Crippen LogP contribution is 2.27. The fourth-order valence-electron chi connectivity index (χ4n) is 2.08. The minimum atomic E-state index is 0.560. The van der Waals surface area contributed by atoms with Crippen molar-refractivity contribution in [1.29, 1.82) is 5.26 Å². The van der Waals surface area contributed by atoms with Crippen LogP contribution in [0.3, 0.4) is 0 Å². The maximum Gasteiger partial charge on any atom is 0.101 e. The van der Waals surface area contributed by atoms with Gasteiger partial charge in [0, 0.05) is 13.1 Å². The summed E-state index contributed by atoms with van der Waals surface area (Å²) in [5.41, 5.74) is 8.22. The number of hydrogen-bond donors (Lipinski definition) is 1. The van der Waals surface area contributed by atoms with E-state index in [9.17, 15) is 0 Å². The third-order valence-electron chi connectivity index (χ3n) is 2.72. The first-order valence-corrected chi connectivity index (χ1v) is 6.49. The molecule has 98 valence electrons. The van der Waals surface area contributed by atoms with Crippen molar-refractivity contribution in [2.45, 2.75) is 27.7 Å². The van der Waals surface area contributed by atoms with Crippen molar-refractivity contribution in [3.63, 3.8) is 0 Å². The average Bonchev–Trinajstić information content (AvgIpc) is 2.27. The van der Waals surface area contributed by atoms with E-state index in [2.05, 4.69) is 38.7 Å². The van der Waals surface area contributed by atoms with Gasteiger partial charge in [-0.2, -0.15) is 5.26 Å². The van der Waals surface area contributed by atoms with Gasteiger partial charge in [-0.15, -0.1) is 0 Å². The van der Waals surface area contributed by atoms with Gasteiger partial charge in [-0.1, -0.05) is 33.8 Å². The SMILES string of the molecule is CC(C)CN(CC(C)C)c1cccc(C#N)c1N. The second kappa shape index (κ2) is 6.30. The van der Waals surface area contributed by atoms with Crippen molar-refractivity contribution in [2.75, 3.05) is 23.7 Å². The van der Waals surface area contributed by atoms with Crippen molar-refractivity contribution >= 4 is 11.4 Å². The molecule has 1 aromatic carbocycles. The molecule has 1 aromatic rings. The van der Waals surface area contributed by atoms with E-state index in [4.69, 9.17) is 11.0 Å². The minimum absolute atomic E-state index is 0.560. The molecular formula is C15H23N3. The largest absolute Gasteiger partial charge is 0.396 e. The predicted molar refractivity (Wildman–Crippen MR) is 77.5 cm³/mol. The van der Waals surface area contributed by atoms with Gasteiger partial charge in [-0.3, -0.25) is 0 Å². The van der Waals surface area contributed by atoms with Crippen LogP contribution in [0.5, 0.6) is 0 Å². The summed E-state index contributed by atoms with van der Waals surface area (Å²) in [5.74, 6) is 1.13. The third-order valence-corrected chi connectivity index (χ3v) is 2.72. The number of nitrogens with zero attached hydrogens (tertiary/aromatic N) is 2. The lowest BCUT2D eigenvalue weighted by atomic mass is 10.1. The number of anilines is 2. The maximum absolute atomic E-state index is 9.04. The molecule has 0 atom stereocenters. The molecule has 0 aliphatic rings. The molecule has 0 aliphatic carbocycles. The van der Waals surface area contributed by atoms with Crippen LogP contribution >= 0.6 is 0 Å². The van der Waals surface area contributed by atoms with E-state index in [1.54, 1.807) is 6.07 Å². The van der Waals surface area contributed by atoms with Crippen molar-refractivity contribution in [1.82, 2.24) is 0 Å². The third kappa shape index (κ3) is 3.66. The number of para-hydroxylation sites is 1. The van der Waals surface area contributed by atoms with Crippen molar-refractivity contribution in [3.05, 3.63) is 23.8 Å².